The van der Waals surface area contributed by atoms with E-state index in [9.17, 15) is 9.90 Å². The molecule has 7 nitrogen and oxygen atoms in total. The second-order valence-corrected chi connectivity index (χ2v) is 6.15. The van der Waals surface area contributed by atoms with Gasteiger partial charge < -0.3 is 20.4 Å². The predicted molar refractivity (Wildman–Crippen MR) is 96.8 cm³/mol. The average molecular weight is 337 g/mol. The van der Waals surface area contributed by atoms with Crippen molar-refractivity contribution in [1.29, 1.82) is 0 Å². The molecule has 3 aromatic rings. The molecule has 0 radical (unpaired) electrons. The van der Waals surface area contributed by atoms with Gasteiger partial charge in [-0.2, -0.15) is 0 Å². The van der Waals surface area contributed by atoms with Crippen molar-refractivity contribution < 1.29 is 5.11 Å². The van der Waals surface area contributed by atoms with Crippen LogP contribution in [0, 0.1) is 11.8 Å². The summed E-state index contributed by atoms with van der Waals surface area (Å²) >= 11 is 0. The fraction of sp³-hybridized carbons (Fsp3) is 0.278. The molecule has 0 atom stereocenters. The van der Waals surface area contributed by atoms with Crippen LogP contribution < -0.4 is 11.2 Å². The zero-order valence-corrected chi connectivity index (χ0v) is 14.3. The van der Waals surface area contributed by atoms with Crippen molar-refractivity contribution in [3.63, 3.8) is 0 Å². The minimum Gasteiger partial charge on any atom is -0.384 e. The molecular formula is C18H19N5O2. The van der Waals surface area contributed by atoms with Crippen molar-refractivity contribution >= 4 is 16.9 Å². The summed E-state index contributed by atoms with van der Waals surface area (Å²) in [4.78, 5) is 24.4. The van der Waals surface area contributed by atoms with Crippen molar-refractivity contribution in [2.75, 3.05) is 5.73 Å². The minimum absolute atomic E-state index is 0.235. The van der Waals surface area contributed by atoms with E-state index in [1.165, 1.54) is 0 Å². The lowest BCUT2D eigenvalue weighted by molar-refractivity contribution is 0.143. The Morgan fingerprint density at radius 3 is 2.76 bits per heavy atom. The van der Waals surface area contributed by atoms with Crippen molar-refractivity contribution in [3.8, 4) is 23.2 Å². The fourth-order valence-corrected chi connectivity index (χ4v) is 2.57. The Hall–Kier alpha value is -3.11. The quantitative estimate of drug-likeness (QED) is 0.614. The number of nitrogen functional groups attached to an aromatic ring is 1. The fourth-order valence-electron chi connectivity index (χ4n) is 2.57. The number of pyridine rings is 2. The number of rotatable bonds is 2. The highest BCUT2D eigenvalue weighted by Gasteiger charge is 2.18. The maximum atomic E-state index is 12.9. The van der Waals surface area contributed by atoms with E-state index in [2.05, 4.69) is 26.8 Å². The van der Waals surface area contributed by atoms with Gasteiger partial charge in [-0.15, -0.1) is 0 Å². The highest BCUT2D eigenvalue weighted by atomic mass is 16.3. The summed E-state index contributed by atoms with van der Waals surface area (Å²) in [5.74, 6) is 6.27. The Kier molecular flexibility index (Phi) is 4.07. The Bertz CT molecular complexity index is 1050. The van der Waals surface area contributed by atoms with Crippen LogP contribution in [-0.2, 0) is 6.54 Å². The molecule has 4 N–H and O–H groups in total. The Labute approximate surface area is 144 Å². The number of aromatic nitrogens is 4. The lowest BCUT2D eigenvalue weighted by atomic mass is 10.1. The number of hydrogen-bond acceptors (Lipinski definition) is 5. The maximum absolute atomic E-state index is 12.9. The number of nitrogens with zero attached hydrogens (tertiary/aromatic N) is 3. The topological polar surface area (TPSA) is 110 Å². The van der Waals surface area contributed by atoms with E-state index in [4.69, 9.17) is 5.73 Å². The van der Waals surface area contributed by atoms with Crippen LogP contribution in [0.1, 0.15) is 26.5 Å². The van der Waals surface area contributed by atoms with Crippen LogP contribution >= 0.6 is 0 Å². The van der Waals surface area contributed by atoms with E-state index in [-0.39, 0.29) is 5.43 Å². The molecule has 0 aliphatic rings. The molecule has 0 saturated heterocycles. The first kappa shape index (κ1) is 16.7. The normalized spacial score (nSPS) is 11.4. The zero-order chi connectivity index (χ0) is 18.2. The molecule has 0 aliphatic heterocycles. The van der Waals surface area contributed by atoms with Gasteiger partial charge >= 0.3 is 0 Å². The number of aryl methyl sites for hydroxylation is 1. The summed E-state index contributed by atoms with van der Waals surface area (Å²) in [6, 6.07) is 3.33. The Balaban J connectivity index is 2.30. The minimum atomic E-state index is -1.12. The monoisotopic (exact) mass is 337 g/mol. The summed E-state index contributed by atoms with van der Waals surface area (Å²) in [7, 11) is 0. The van der Waals surface area contributed by atoms with Gasteiger partial charge in [-0.25, -0.2) is 9.97 Å². The summed E-state index contributed by atoms with van der Waals surface area (Å²) in [6.07, 6.45) is 3.21. The molecule has 0 amide bonds. The summed E-state index contributed by atoms with van der Waals surface area (Å²) in [5, 5.41) is 10.2. The number of aromatic amines is 1. The first-order chi connectivity index (χ1) is 11.8. The lowest BCUT2D eigenvalue weighted by Gasteiger charge is -2.14. The van der Waals surface area contributed by atoms with Crippen molar-refractivity contribution in [2.45, 2.75) is 32.9 Å². The number of H-pyrrole nitrogens is 1. The van der Waals surface area contributed by atoms with E-state index >= 15 is 0 Å². The van der Waals surface area contributed by atoms with Crippen molar-refractivity contribution in [3.05, 3.63) is 40.4 Å². The molecule has 0 aromatic carbocycles. The van der Waals surface area contributed by atoms with Gasteiger partial charge in [0.25, 0.3) is 0 Å². The third-order valence-corrected chi connectivity index (χ3v) is 3.70. The van der Waals surface area contributed by atoms with Crippen LogP contribution in [0.4, 0.5) is 5.82 Å². The van der Waals surface area contributed by atoms with Crippen LogP contribution in [0.25, 0.3) is 22.4 Å². The predicted octanol–water partition coefficient (Wildman–Crippen LogP) is 1.51. The lowest BCUT2D eigenvalue weighted by Crippen LogP contribution is -2.19. The van der Waals surface area contributed by atoms with Gasteiger partial charge in [-0.05, 0) is 38.8 Å². The van der Waals surface area contributed by atoms with Crippen molar-refractivity contribution in [1.82, 2.24) is 19.5 Å². The Morgan fingerprint density at radius 1 is 1.40 bits per heavy atom. The van der Waals surface area contributed by atoms with E-state index < -0.39 is 5.60 Å². The average Bonchev–Trinajstić information content (AvgIpc) is 3.07. The molecule has 3 aromatic heterocycles. The second kappa shape index (κ2) is 6.07. The first-order valence-corrected chi connectivity index (χ1v) is 7.90. The van der Waals surface area contributed by atoms with Crippen LogP contribution in [0.3, 0.4) is 0 Å². The Morgan fingerprint density at radius 2 is 2.16 bits per heavy atom. The van der Waals surface area contributed by atoms with E-state index in [0.717, 1.165) is 0 Å². The van der Waals surface area contributed by atoms with E-state index in [0.29, 0.717) is 40.5 Å². The van der Waals surface area contributed by atoms with Gasteiger partial charge in [0, 0.05) is 18.9 Å². The number of aliphatic hydroxyl groups is 1. The molecular weight excluding hydrogens is 318 g/mol. The number of fused-ring (bicyclic) bond motifs is 1. The SMILES string of the molecule is CCn1c(N)c(-c2ncc[nH]2)c(=O)c2ccc(C#CC(C)(C)O)nc21. The summed E-state index contributed by atoms with van der Waals surface area (Å²) in [6.45, 7) is 5.64. The third-order valence-electron chi connectivity index (χ3n) is 3.70. The summed E-state index contributed by atoms with van der Waals surface area (Å²) < 4.78 is 1.75. The smallest absolute Gasteiger partial charge is 0.204 e. The van der Waals surface area contributed by atoms with Crippen LogP contribution in [-0.4, -0.2) is 30.2 Å². The van der Waals surface area contributed by atoms with E-state index in [1.807, 2.05) is 6.92 Å². The van der Waals surface area contributed by atoms with Gasteiger partial charge in [-0.1, -0.05) is 5.92 Å². The van der Waals surface area contributed by atoms with Gasteiger partial charge in [0.2, 0.25) is 5.43 Å². The molecule has 0 spiro atoms. The highest BCUT2D eigenvalue weighted by Crippen LogP contribution is 2.23. The van der Waals surface area contributed by atoms with Crippen LogP contribution in [0.5, 0.6) is 0 Å². The number of nitrogens with two attached hydrogens (primary N) is 1. The number of hydrogen-bond donors (Lipinski definition) is 3. The highest BCUT2D eigenvalue weighted by molar-refractivity contribution is 5.86. The third kappa shape index (κ3) is 3.12. The van der Waals surface area contributed by atoms with Gasteiger partial charge in [0.15, 0.2) is 0 Å². The maximum Gasteiger partial charge on any atom is 0.204 e. The molecule has 3 rings (SSSR count). The molecule has 128 valence electrons. The number of anilines is 1. The summed E-state index contributed by atoms with van der Waals surface area (Å²) in [5.41, 5.74) is 6.13. The van der Waals surface area contributed by atoms with Crippen LogP contribution in [0.15, 0.2) is 29.3 Å². The largest absolute Gasteiger partial charge is 0.384 e. The van der Waals surface area contributed by atoms with Gasteiger partial charge in [0.1, 0.15) is 34.1 Å². The number of imidazole rings is 1. The van der Waals surface area contributed by atoms with E-state index in [1.54, 1.807) is 42.9 Å². The molecule has 0 saturated carbocycles. The molecule has 0 bridgehead atoms. The second-order valence-electron chi connectivity index (χ2n) is 6.15. The molecule has 3 heterocycles. The standard InChI is InChI=1S/C18H19N5O2/c1-4-23-15(19)13(16-20-9-10-21-16)14(24)12-6-5-11(22-17(12)23)7-8-18(2,3)25/h5-6,9-10,25H,4,19H2,1-3H3,(H,20,21). The molecule has 0 fully saturated rings. The number of nitrogens with one attached hydrogen (secondary N) is 1. The molecule has 7 heteroatoms. The van der Waals surface area contributed by atoms with Crippen molar-refractivity contribution in [2.24, 2.45) is 0 Å². The van der Waals surface area contributed by atoms with Crippen LogP contribution in [0.2, 0.25) is 0 Å². The molecule has 25 heavy (non-hydrogen) atoms. The molecule has 0 unspecified atom stereocenters. The van der Waals surface area contributed by atoms with Gasteiger partial charge in [0.05, 0.1) is 5.39 Å². The molecule has 0 aliphatic carbocycles. The van der Waals surface area contributed by atoms with Gasteiger partial charge in [-0.3, -0.25) is 4.79 Å². The first-order valence-electron chi connectivity index (χ1n) is 7.90. The zero-order valence-electron chi connectivity index (χ0n) is 14.3.